The van der Waals surface area contributed by atoms with E-state index in [1.807, 2.05) is 19.1 Å². The standard InChI is InChI=1S/C17H17N5OS/c1-3-14(12-6-4-7-18-10-12)22(2)17(23)13-11-24-16(21-13)15-19-8-5-9-20-15/h4-11,14H,3H2,1-2H3. The van der Waals surface area contributed by atoms with Crippen LogP contribution < -0.4 is 0 Å². The van der Waals surface area contributed by atoms with Crippen LogP contribution in [0.2, 0.25) is 0 Å². The molecule has 24 heavy (non-hydrogen) atoms. The SMILES string of the molecule is CCC(c1cccnc1)N(C)C(=O)c1csc(-c2ncccn2)n1. The van der Waals surface area contributed by atoms with Crippen molar-refractivity contribution in [3.63, 3.8) is 0 Å². The maximum Gasteiger partial charge on any atom is 0.273 e. The third kappa shape index (κ3) is 3.30. The minimum atomic E-state index is -0.121. The van der Waals surface area contributed by atoms with Gasteiger partial charge in [-0.3, -0.25) is 9.78 Å². The van der Waals surface area contributed by atoms with Crippen LogP contribution in [-0.2, 0) is 0 Å². The first-order valence-corrected chi connectivity index (χ1v) is 8.48. The quantitative estimate of drug-likeness (QED) is 0.714. The Bertz CT molecular complexity index is 806. The molecule has 3 heterocycles. The molecule has 0 aromatic carbocycles. The number of carbonyl (C=O) groups is 1. The van der Waals surface area contributed by atoms with Crippen molar-refractivity contribution in [3.05, 3.63) is 59.6 Å². The summed E-state index contributed by atoms with van der Waals surface area (Å²) in [6.07, 6.45) is 7.64. The molecule has 0 fully saturated rings. The number of hydrogen-bond donors (Lipinski definition) is 0. The van der Waals surface area contributed by atoms with E-state index in [2.05, 4.69) is 19.9 Å². The van der Waals surface area contributed by atoms with Crippen molar-refractivity contribution in [1.82, 2.24) is 24.8 Å². The summed E-state index contributed by atoms with van der Waals surface area (Å²) in [5.41, 5.74) is 1.42. The largest absolute Gasteiger partial charge is 0.333 e. The molecule has 1 amide bonds. The molecule has 0 saturated heterocycles. The Labute approximate surface area is 144 Å². The van der Waals surface area contributed by atoms with Crippen molar-refractivity contribution in [2.45, 2.75) is 19.4 Å². The summed E-state index contributed by atoms with van der Waals surface area (Å²) in [7, 11) is 1.79. The summed E-state index contributed by atoms with van der Waals surface area (Å²) in [6, 6.07) is 5.57. The van der Waals surface area contributed by atoms with E-state index >= 15 is 0 Å². The van der Waals surface area contributed by atoms with Crippen molar-refractivity contribution in [2.75, 3.05) is 7.05 Å². The second-order valence-electron chi connectivity index (χ2n) is 5.24. The zero-order valence-corrected chi connectivity index (χ0v) is 14.3. The minimum Gasteiger partial charge on any atom is -0.333 e. The van der Waals surface area contributed by atoms with Crippen LogP contribution in [0.3, 0.4) is 0 Å². The predicted octanol–water partition coefficient (Wildman–Crippen LogP) is 3.22. The van der Waals surface area contributed by atoms with Gasteiger partial charge in [-0.15, -0.1) is 11.3 Å². The van der Waals surface area contributed by atoms with E-state index < -0.39 is 0 Å². The van der Waals surface area contributed by atoms with Crippen LogP contribution in [0.1, 0.15) is 35.4 Å². The van der Waals surface area contributed by atoms with Gasteiger partial charge in [-0.05, 0) is 24.1 Å². The van der Waals surface area contributed by atoms with Gasteiger partial charge >= 0.3 is 0 Å². The number of hydrogen-bond acceptors (Lipinski definition) is 6. The Hall–Kier alpha value is -2.67. The Kier molecular flexibility index (Phi) is 4.90. The van der Waals surface area contributed by atoms with Crippen molar-refractivity contribution in [1.29, 1.82) is 0 Å². The van der Waals surface area contributed by atoms with Gasteiger partial charge in [-0.1, -0.05) is 13.0 Å². The van der Waals surface area contributed by atoms with Crippen LogP contribution in [-0.4, -0.2) is 37.8 Å². The molecule has 6 nitrogen and oxygen atoms in total. The number of nitrogens with zero attached hydrogens (tertiary/aromatic N) is 5. The van der Waals surface area contributed by atoms with E-state index in [9.17, 15) is 4.79 Å². The van der Waals surface area contributed by atoms with Gasteiger partial charge in [0.15, 0.2) is 10.8 Å². The van der Waals surface area contributed by atoms with E-state index in [0.717, 1.165) is 12.0 Å². The van der Waals surface area contributed by atoms with Gasteiger partial charge in [0.25, 0.3) is 5.91 Å². The summed E-state index contributed by atoms with van der Waals surface area (Å²) in [6.45, 7) is 2.05. The van der Waals surface area contributed by atoms with Gasteiger partial charge in [-0.2, -0.15) is 0 Å². The maximum absolute atomic E-state index is 12.8. The molecule has 0 aliphatic heterocycles. The number of thiazole rings is 1. The van der Waals surface area contributed by atoms with Crippen LogP contribution in [0.25, 0.3) is 10.8 Å². The summed E-state index contributed by atoms with van der Waals surface area (Å²) in [4.78, 5) is 31.4. The molecule has 3 rings (SSSR count). The lowest BCUT2D eigenvalue weighted by molar-refractivity contribution is 0.0721. The second-order valence-corrected chi connectivity index (χ2v) is 6.09. The molecule has 1 atom stereocenters. The molecule has 0 saturated carbocycles. The lowest BCUT2D eigenvalue weighted by Gasteiger charge is -2.26. The fraction of sp³-hybridized carbons (Fsp3) is 0.235. The highest BCUT2D eigenvalue weighted by Crippen LogP contribution is 2.25. The van der Waals surface area contributed by atoms with Crippen LogP contribution in [0.15, 0.2) is 48.4 Å². The molecule has 3 aromatic heterocycles. The molecule has 3 aromatic rings. The average Bonchev–Trinajstić information content (AvgIpc) is 3.13. The first kappa shape index (κ1) is 16.2. The number of amides is 1. The zero-order chi connectivity index (χ0) is 16.9. The highest BCUT2D eigenvalue weighted by molar-refractivity contribution is 7.13. The molecule has 0 aliphatic carbocycles. The molecule has 1 unspecified atom stereocenters. The number of carbonyl (C=O) groups excluding carboxylic acids is 1. The van der Waals surface area contributed by atoms with E-state index in [-0.39, 0.29) is 11.9 Å². The molecule has 122 valence electrons. The van der Waals surface area contributed by atoms with E-state index in [1.54, 1.807) is 48.2 Å². The fourth-order valence-electron chi connectivity index (χ4n) is 2.51. The van der Waals surface area contributed by atoms with Crippen LogP contribution in [0.5, 0.6) is 0 Å². The van der Waals surface area contributed by atoms with Crippen LogP contribution in [0.4, 0.5) is 0 Å². The monoisotopic (exact) mass is 339 g/mol. The first-order valence-electron chi connectivity index (χ1n) is 7.60. The summed E-state index contributed by atoms with van der Waals surface area (Å²) in [5, 5.41) is 2.39. The number of pyridine rings is 1. The topological polar surface area (TPSA) is 71.9 Å². The van der Waals surface area contributed by atoms with Crippen LogP contribution >= 0.6 is 11.3 Å². The molecule has 0 aliphatic rings. The lowest BCUT2D eigenvalue weighted by Crippen LogP contribution is -2.31. The molecule has 0 spiro atoms. The molecule has 7 heteroatoms. The maximum atomic E-state index is 12.8. The summed E-state index contributed by atoms with van der Waals surface area (Å²) < 4.78 is 0. The lowest BCUT2D eigenvalue weighted by atomic mass is 10.1. The Morgan fingerprint density at radius 2 is 2.04 bits per heavy atom. The third-order valence-electron chi connectivity index (χ3n) is 3.72. The van der Waals surface area contributed by atoms with Gasteiger partial charge in [0.2, 0.25) is 0 Å². The van der Waals surface area contributed by atoms with Crippen molar-refractivity contribution in [2.24, 2.45) is 0 Å². The Morgan fingerprint density at radius 3 is 2.71 bits per heavy atom. The van der Waals surface area contributed by atoms with Crippen molar-refractivity contribution >= 4 is 17.2 Å². The Balaban J connectivity index is 1.82. The molecule has 0 radical (unpaired) electrons. The normalized spacial score (nSPS) is 11.9. The van der Waals surface area contributed by atoms with E-state index in [1.165, 1.54) is 11.3 Å². The van der Waals surface area contributed by atoms with E-state index in [0.29, 0.717) is 16.5 Å². The smallest absolute Gasteiger partial charge is 0.273 e. The van der Waals surface area contributed by atoms with Crippen LogP contribution in [0, 0.1) is 0 Å². The highest BCUT2D eigenvalue weighted by Gasteiger charge is 2.23. The first-order chi connectivity index (χ1) is 11.7. The molecule has 0 bridgehead atoms. The summed E-state index contributed by atoms with van der Waals surface area (Å²) >= 11 is 1.37. The number of rotatable bonds is 5. The number of aromatic nitrogens is 4. The highest BCUT2D eigenvalue weighted by atomic mass is 32.1. The Morgan fingerprint density at radius 1 is 1.25 bits per heavy atom. The van der Waals surface area contributed by atoms with Gasteiger partial charge in [0, 0.05) is 37.2 Å². The zero-order valence-electron chi connectivity index (χ0n) is 13.5. The average molecular weight is 339 g/mol. The summed E-state index contributed by atoms with van der Waals surface area (Å²) in [5.74, 6) is 0.410. The predicted molar refractivity (Wildman–Crippen MR) is 92.5 cm³/mol. The molecular weight excluding hydrogens is 322 g/mol. The van der Waals surface area contributed by atoms with Gasteiger partial charge in [-0.25, -0.2) is 15.0 Å². The molecule has 0 N–H and O–H groups in total. The van der Waals surface area contributed by atoms with E-state index in [4.69, 9.17) is 0 Å². The fourth-order valence-corrected chi connectivity index (χ4v) is 3.25. The third-order valence-corrected chi connectivity index (χ3v) is 4.56. The van der Waals surface area contributed by atoms with Crippen molar-refractivity contribution in [3.8, 4) is 10.8 Å². The van der Waals surface area contributed by atoms with Crippen molar-refractivity contribution < 1.29 is 4.79 Å². The molecular formula is C17H17N5OS. The van der Waals surface area contributed by atoms with Gasteiger partial charge in [0.1, 0.15) is 5.69 Å². The second kappa shape index (κ2) is 7.27. The van der Waals surface area contributed by atoms with Gasteiger partial charge < -0.3 is 4.90 Å². The van der Waals surface area contributed by atoms with Gasteiger partial charge in [0.05, 0.1) is 6.04 Å². The minimum absolute atomic E-state index is 0.0377.